The van der Waals surface area contributed by atoms with Crippen LogP contribution in [0.3, 0.4) is 0 Å². The molecule has 1 amide bonds. The lowest BCUT2D eigenvalue weighted by atomic mass is 10.2. The topological polar surface area (TPSA) is 72.9 Å². The summed E-state index contributed by atoms with van der Waals surface area (Å²) in [6.07, 6.45) is 0.833. The fourth-order valence-corrected chi connectivity index (χ4v) is 2.37. The predicted molar refractivity (Wildman–Crippen MR) is 87.2 cm³/mol. The molecule has 2 rings (SSSR count). The van der Waals surface area contributed by atoms with Crippen molar-refractivity contribution < 1.29 is 4.79 Å². The molecular weight excluding hydrogens is 332 g/mol. The standard InChI is InChI=1S/C15H19BrN4O/c1-10-8-11(2)20(19-10)7-3-6-18-15(21)12-4-5-13(16)14(17)9-12/h4-5,8-9H,3,6-7,17H2,1-2H3,(H,18,21). The van der Waals surface area contributed by atoms with Gasteiger partial charge in [0, 0.05) is 34.5 Å². The normalized spacial score (nSPS) is 10.6. The monoisotopic (exact) mass is 350 g/mol. The first-order valence-corrected chi connectivity index (χ1v) is 7.61. The van der Waals surface area contributed by atoms with E-state index in [9.17, 15) is 4.79 Å². The summed E-state index contributed by atoms with van der Waals surface area (Å²) in [5.74, 6) is -0.109. The second-order valence-corrected chi connectivity index (χ2v) is 5.85. The van der Waals surface area contributed by atoms with Gasteiger partial charge in [0.2, 0.25) is 0 Å². The zero-order valence-corrected chi connectivity index (χ0v) is 13.8. The van der Waals surface area contributed by atoms with Crippen LogP contribution in [0.25, 0.3) is 0 Å². The fourth-order valence-electron chi connectivity index (χ4n) is 2.12. The number of nitrogen functional groups attached to an aromatic ring is 1. The van der Waals surface area contributed by atoms with Crippen molar-refractivity contribution in [2.75, 3.05) is 12.3 Å². The number of nitrogens with two attached hydrogens (primary N) is 1. The van der Waals surface area contributed by atoms with Crippen molar-refractivity contribution >= 4 is 27.5 Å². The number of hydrogen-bond donors (Lipinski definition) is 2. The third-order valence-corrected chi connectivity index (χ3v) is 3.92. The number of amides is 1. The van der Waals surface area contributed by atoms with Gasteiger partial charge in [0.15, 0.2) is 0 Å². The molecule has 2 aromatic rings. The number of aromatic nitrogens is 2. The number of nitrogens with zero attached hydrogens (tertiary/aromatic N) is 2. The first-order chi connectivity index (χ1) is 9.97. The summed E-state index contributed by atoms with van der Waals surface area (Å²) in [4.78, 5) is 12.0. The maximum absolute atomic E-state index is 12.0. The number of rotatable bonds is 5. The fraction of sp³-hybridized carbons (Fsp3) is 0.333. The van der Waals surface area contributed by atoms with Gasteiger partial charge in [-0.3, -0.25) is 9.48 Å². The Bertz CT molecular complexity index is 651. The van der Waals surface area contributed by atoms with Gasteiger partial charge in [-0.1, -0.05) is 0 Å². The number of nitrogens with one attached hydrogen (secondary N) is 1. The Morgan fingerprint density at radius 3 is 2.76 bits per heavy atom. The second-order valence-electron chi connectivity index (χ2n) is 5.00. The number of halogens is 1. The van der Waals surface area contributed by atoms with Crippen molar-refractivity contribution in [2.45, 2.75) is 26.8 Å². The van der Waals surface area contributed by atoms with Gasteiger partial charge in [-0.2, -0.15) is 5.10 Å². The molecule has 0 fully saturated rings. The maximum Gasteiger partial charge on any atom is 0.251 e. The van der Waals surface area contributed by atoms with E-state index in [0.717, 1.165) is 28.8 Å². The minimum Gasteiger partial charge on any atom is -0.398 e. The molecule has 0 unspecified atom stereocenters. The Morgan fingerprint density at radius 2 is 2.14 bits per heavy atom. The molecule has 1 heterocycles. The molecule has 1 aromatic heterocycles. The Hall–Kier alpha value is -1.82. The van der Waals surface area contributed by atoms with Crippen LogP contribution in [0.15, 0.2) is 28.7 Å². The summed E-state index contributed by atoms with van der Waals surface area (Å²) in [7, 11) is 0. The lowest BCUT2D eigenvalue weighted by Gasteiger charge is -2.08. The molecular formula is C15H19BrN4O. The van der Waals surface area contributed by atoms with E-state index in [0.29, 0.717) is 17.8 Å². The highest BCUT2D eigenvalue weighted by atomic mass is 79.9. The molecule has 0 atom stereocenters. The van der Waals surface area contributed by atoms with Crippen LogP contribution in [0, 0.1) is 13.8 Å². The number of anilines is 1. The summed E-state index contributed by atoms with van der Waals surface area (Å²) in [5, 5.41) is 7.28. The Balaban J connectivity index is 1.81. The van der Waals surface area contributed by atoms with Crippen LogP contribution < -0.4 is 11.1 Å². The van der Waals surface area contributed by atoms with Crippen LogP contribution >= 0.6 is 15.9 Å². The molecule has 1 aromatic carbocycles. The number of hydrogen-bond acceptors (Lipinski definition) is 3. The SMILES string of the molecule is Cc1cc(C)n(CCCNC(=O)c2ccc(Br)c(N)c2)n1. The third kappa shape index (κ3) is 4.07. The van der Waals surface area contributed by atoms with Gasteiger partial charge in [0.25, 0.3) is 5.91 Å². The molecule has 0 aliphatic rings. The molecule has 6 heteroatoms. The molecule has 3 N–H and O–H groups in total. The minimum absolute atomic E-state index is 0.109. The van der Waals surface area contributed by atoms with Crippen LogP contribution in [0.4, 0.5) is 5.69 Å². The van der Waals surface area contributed by atoms with E-state index in [2.05, 4.69) is 26.3 Å². The number of benzene rings is 1. The molecule has 0 saturated carbocycles. The molecule has 5 nitrogen and oxygen atoms in total. The van der Waals surface area contributed by atoms with Crippen molar-refractivity contribution in [1.29, 1.82) is 0 Å². The molecule has 0 bridgehead atoms. The molecule has 112 valence electrons. The van der Waals surface area contributed by atoms with Crippen molar-refractivity contribution in [3.8, 4) is 0 Å². The van der Waals surface area contributed by atoms with E-state index in [4.69, 9.17) is 5.73 Å². The number of carbonyl (C=O) groups is 1. The summed E-state index contributed by atoms with van der Waals surface area (Å²) in [6, 6.07) is 7.24. The van der Waals surface area contributed by atoms with Gasteiger partial charge < -0.3 is 11.1 Å². The minimum atomic E-state index is -0.109. The number of carbonyl (C=O) groups excluding carboxylic acids is 1. The van der Waals surface area contributed by atoms with Gasteiger partial charge in [0.05, 0.1) is 5.69 Å². The maximum atomic E-state index is 12.0. The zero-order chi connectivity index (χ0) is 15.4. The highest BCUT2D eigenvalue weighted by molar-refractivity contribution is 9.10. The van der Waals surface area contributed by atoms with Crippen molar-refractivity contribution in [3.63, 3.8) is 0 Å². The number of aryl methyl sites for hydroxylation is 3. The smallest absolute Gasteiger partial charge is 0.251 e. The molecule has 0 saturated heterocycles. The van der Waals surface area contributed by atoms with Crippen LogP contribution in [0.2, 0.25) is 0 Å². The largest absolute Gasteiger partial charge is 0.398 e. The van der Waals surface area contributed by atoms with Crippen LogP contribution in [-0.2, 0) is 6.54 Å². The summed E-state index contributed by atoms with van der Waals surface area (Å²) in [6.45, 7) is 5.40. The summed E-state index contributed by atoms with van der Waals surface area (Å²) < 4.78 is 2.75. The Morgan fingerprint density at radius 1 is 1.38 bits per heavy atom. The van der Waals surface area contributed by atoms with E-state index in [1.165, 1.54) is 0 Å². The first-order valence-electron chi connectivity index (χ1n) is 6.81. The predicted octanol–water partition coefficient (Wildman–Crippen LogP) is 2.66. The molecule has 0 aliphatic carbocycles. The lowest BCUT2D eigenvalue weighted by molar-refractivity contribution is 0.0952. The van der Waals surface area contributed by atoms with Crippen molar-refractivity contribution in [3.05, 3.63) is 45.7 Å². The van der Waals surface area contributed by atoms with Gasteiger partial charge in [0.1, 0.15) is 0 Å². The van der Waals surface area contributed by atoms with Crippen molar-refractivity contribution in [1.82, 2.24) is 15.1 Å². The summed E-state index contributed by atoms with van der Waals surface area (Å²) in [5.41, 5.74) is 9.06. The van der Waals surface area contributed by atoms with E-state index in [1.807, 2.05) is 24.6 Å². The Kier molecular flexibility index (Phi) is 5.01. The van der Waals surface area contributed by atoms with Gasteiger partial charge >= 0.3 is 0 Å². The van der Waals surface area contributed by atoms with Crippen LogP contribution in [-0.4, -0.2) is 22.2 Å². The average molecular weight is 351 g/mol. The van der Waals surface area contributed by atoms with Crippen molar-refractivity contribution in [2.24, 2.45) is 0 Å². The van der Waals surface area contributed by atoms with E-state index < -0.39 is 0 Å². The summed E-state index contributed by atoms with van der Waals surface area (Å²) >= 11 is 3.31. The van der Waals surface area contributed by atoms with Gasteiger partial charge in [-0.05, 0) is 60.5 Å². The zero-order valence-electron chi connectivity index (χ0n) is 12.2. The quantitative estimate of drug-likeness (QED) is 0.643. The molecule has 0 spiro atoms. The highest BCUT2D eigenvalue weighted by Crippen LogP contribution is 2.20. The van der Waals surface area contributed by atoms with E-state index in [1.54, 1.807) is 18.2 Å². The lowest BCUT2D eigenvalue weighted by Crippen LogP contribution is -2.25. The van der Waals surface area contributed by atoms with Crippen LogP contribution in [0.5, 0.6) is 0 Å². The second kappa shape index (κ2) is 6.76. The molecule has 0 aliphatic heterocycles. The van der Waals surface area contributed by atoms with Crippen LogP contribution in [0.1, 0.15) is 28.2 Å². The average Bonchev–Trinajstić information content (AvgIpc) is 2.76. The Labute approximate surface area is 132 Å². The van der Waals surface area contributed by atoms with E-state index >= 15 is 0 Å². The van der Waals surface area contributed by atoms with Gasteiger partial charge in [-0.25, -0.2) is 0 Å². The van der Waals surface area contributed by atoms with E-state index in [-0.39, 0.29) is 5.91 Å². The third-order valence-electron chi connectivity index (χ3n) is 3.19. The highest BCUT2D eigenvalue weighted by Gasteiger charge is 2.07. The molecule has 21 heavy (non-hydrogen) atoms. The molecule has 0 radical (unpaired) electrons. The first kappa shape index (κ1) is 15.6. The van der Waals surface area contributed by atoms with Gasteiger partial charge in [-0.15, -0.1) is 0 Å².